The van der Waals surface area contributed by atoms with Crippen LogP contribution in [-0.2, 0) is 11.3 Å². The molecule has 2 heterocycles. The molecule has 1 atom stereocenters. The lowest BCUT2D eigenvalue weighted by atomic mass is 10.0. The lowest BCUT2D eigenvalue weighted by Gasteiger charge is -2.36. The Morgan fingerprint density at radius 3 is 2.96 bits per heavy atom. The van der Waals surface area contributed by atoms with Crippen LogP contribution in [0.4, 0.5) is 4.39 Å². The number of para-hydroxylation sites is 1. The largest absolute Gasteiger partial charge is 0.451 e. The lowest BCUT2D eigenvalue weighted by molar-refractivity contribution is 0.0597. The Bertz CT molecular complexity index is 969. The number of amides is 1. The van der Waals surface area contributed by atoms with Gasteiger partial charge in [0.25, 0.3) is 5.91 Å². The highest BCUT2D eigenvalue weighted by atomic mass is 19.1. The first-order valence-corrected chi connectivity index (χ1v) is 8.95. The number of fused-ring (bicyclic) bond motifs is 1. The van der Waals surface area contributed by atoms with Crippen molar-refractivity contribution < 1.29 is 18.3 Å². The van der Waals surface area contributed by atoms with Crippen molar-refractivity contribution in [3.8, 4) is 0 Å². The Labute approximate surface area is 156 Å². The van der Waals surface area contributed by atoms with Crippen molar-refractivity contribution in [1.29, 1.82) is 0 Å². The Hall–Kier alpha value is -2.70. The molecule has 1 saturated heterocycles. The zero-order valence-electron chi connectivity index (χ0n) is 15.1. The van der Waals surface area contributed by atoms with Gasteiger partial charge in [-0.15, -0.1) is 0 Å². The lowest BCUT2D eigenvalue weighted by Crippen LogP contribution is -2.48. The zero-order chi connectivity index (χ0) is 18.8. The summed E-state index contributed by atoms with van der Waals surface area (Å²) >= 11 is 0. The van der Waals surface area contributed by atoms with Crippen molar-refractivity contribution in [3.05, 3.63) is 71.2 Å². The predicted molar refractivity (Wildman–Crippen MR) is 100.0 cm³/mol. The standard InChI is InChI=1S/C21H21FN2O3/c1-26-13-17-16-7-2-3-8-19(16)27-20(17)21(25)24-10-9-23-12-18(24)14-5-4-6-15(22)11-14/h2-8,11,18,23H,9-10,12-13H2,1H3. The number of ether oxygens (including phenoxy) is 1. The first-order chi connectivity index (χ1) is 13.2. The number of rotatable bonds is 4. The van der Waals surface area contributed by atoms with Crippen LogP contribution < -0.4 is 5.32 Å². The van der Waals surface area contributed by atoms with Crippen LogP contribution in [-0.4, -0.2) is 37.6 Å². The molecule has 1 unspecified atom stereocenters. The number of nitrogens with one attached hydrogen (secondary N) is 1. The molecule has 5 nitrogen and oxygen atoms in total. The van der Waals surface area contributed by atoms with Gasteiger partial charge >= 0.3 is 0 Å². The smallest absolute Gasteiger partial charge is 0.290 e. The van der Waals surface area contributed by atoms with Gasteiger partial charge in [0.15, 0.2) is 5.76 Å². The van der Waals surface area contributed by atoms with Crippen molar-refractivity contribution in [1.82, 2.24) is 10.2 Å². The number of methoxy groups -OCH3 is 1. The fourth-order valence-corrected chi connectivity index (χ4v) is 3.65. The Morgan fingerprint density at radius 2 is 2.15 bits per heavy atom. The topological polar surface area (TPSA) is 54.7 Å². The highest BCUT2D eigenvalue weighted by molar-refractivity contribution is 5.99. The molecule has 1 amide bonds. The fourth-order valence-electron chi connectivity index (χ4n) is 3.65. The van der Waals surface area contributed by atoms with Crippen molar-refractivity contribution in [3.63, 3.8) is 0 Å². The van der Waals surface area contributed by atoms with E-state index in [1.807, 2.05) is 30.3 Å². The molecule has 27 heavy (non-hydrogen) atoms. The third kappa shape index (κ3) is 3.34. The number of nitrogens with zero attached hydrogens (tertiary/aromatic N) is 1. The number of piperazine rings is 1. The normalized spacial score (nSPS) is 17.4. The second-order valence-electron chi connectivity index (χ2n) is 6.61. The molecule has 0 bridgehead atoms. The Balaban J connectivity index is 1.74. The summed E-state index contributed by atoms with van der Waals surface area (Å²) in [5.41, 5.74) is 2.17. The molecular weight excluding hydrogens is 347 g/mol. The summed E-state index contributed by atoms with van der Waals surface area (Å²) in [6.07, 6.45) is 0. The molecule has 1 fully saturated rings. The van der Waals surface area contributed by atoms with E-state index in [0.29, 0.717) is 31.0 Å². The molecule has 2 aromatic carbocycles. The fraction of sp³-hybridized carbons (Fsp3) is 0.286. The van der Waals surface area contributed by atoms with E-state index in [-0.39, 0.29) is 24.4 Å². The second-order valence-corrected chi connectivity index (χ2v) is 6.61. The van der Waals surface area contributed by atoms with E-state index in [1.165, 1.54) is 12.1 Å². The Morgan fingerprint density at radius 1 is 1.30 bits per heavy atom. The first kappa shape index (κ1) is 17.7. The van der Waals surface area contributed by atoms with E-state index in [1.54, 1.807) is 18.1 Å². The third-order valence-electron chi connectivity index (χ3n) is 4.92. The van der Waals surface area contributed by atoms with Crippen molar-refractivity contribution in [2.45, 2.75) is 12.6 Å². The van der Waals surface area contributed by atoms with E-state index in [9.17, 15) is 9.18 Å². The molecule has 6 heteroatoms. The molecule has 0 spiro atoms. The number of carbonyl (C=O) groups is 1. The van der Waals surface area contributed by atoms with Gasteiger partial charge in [0.05, 0.1) is 12.6 Å². The summed E-state index contributed by atoms with van der Waals surface area (Å²) < 4.78 is 24.9. The summed E-state index contributed by atoms with van der Waals surface area (Å²) in [6, 6.07) is 13.7. The molecular formula is C21H21FN2O3. The zero-order valence-corrected chi connectivity index (χ0v) is 15.1. The van der Waals surface area contributed by atoms with Gasteiger partial charge in [-0.3, -0.25) is 4.79 Å². The molecule has 140 valence electrons. The SMILES string of the molecule is COCc1c(C(=O)N2CCNCC2c2cccc(F)c2)oc2ccccc12. The third-order valence-corrected chi connectivity index (χ3v) is 4.92. The maximum absolute atomic E-state index is 13.7. The molecule has 0 radical (unpaired) electrons. The summed E-state index contributed by atoms with van der Waals surface area (Å²) in [6.45, 7) is 2.05. The van der Waals surface area contributed by atoms with E-state index in [4.69, 9.17) is 9.15 Å². The molecule has 1 aromatic heterocycles. The van der Waals surface area contributed by atoms with Gasteiger partial charge in [0, 0.05) is 37.7 Å². The number of halogens is 1. The minimum absolute atomic E-state index is 0.200. The molecule has 0 aliphatic carbocycles. The average Bonchev–Trinajstić information content (AvgIpc) is 3.06. The maximum atomic E-state index is 13.7. The molecule has 1 aliphatic rings. The molecule has 4 rings (SSSR count). The van der Waals surface area contributed by atoms with E-state index >= 15 is 0 Å². The summed E-state index contributed by atoms with van der Waals surface area (Å²) in [5, 5.41) is 4.16. The first-order valence-electron chi connectivity index (χ1n) is 8.95. The number of benzene rings is 2. The molecule has 3 aromatic rings. The monoisotopic (exact) mass is 368 g/mol. The van der Waals surface area contributed by atoms with Crippen LogP contribution in [0, 0.1) is 5.82 Å². The summed E-state index contributed by atoms with van der Waals surface area (Å²) in [7, 11) is 1.59. The number of hydrogen-bond donors (Lipinski definition) is 1. The molecule has 1 N–H and O–H groups in total. The van der Waals surface area contributed by atoms with E-state index in [2.05, 4.69) is 5.32 Å². The van der Waals surface area contributed by atoms with Crippen molar-refractivity contribution in [2.24, 2.45) is 0 Å². The Kier molecular flexibility index (Phi) is 4.92. The van der Waals surface area contributed by atoms with Gasteiger partial charge in [0.2, 0.25) is 0 Å². The second kappa shape index (κ2) is 7.50. The van der Waals surface area contributed by atoms with Crippen LogP contribution in [0.25, 0.3) is 11.0 Å². The minimum atomic E-state index is -0.311. The quantitative estimate of drug-likeness (QED) is 0.766. The van der Waals surface area contributed by atoms with E-state index in [0.717, 1.165) is 16.5 Å². The van der Waals surface area contributed by atoms with Crippen LogP contribution in [0.3, 0.4) is 0 Å². The minimum Gasteiger partial charge on any atom is -0.451 e. The van der Waals surface area contributed by atoms with Gasteiger partial charge in [-0.25, -0.2) is 4.39 Å². The van der Waals surface area contributed by atoms with Crippen LogP contribution >= 0.6 is 0 Å². The summed E-state index contributed by atoms with van der Waals surface area (Å²) in [4.78, 5) is 15.1. The van der Waals surface area contributed by atoms with Gasteiger partial charge in [-0.05, 0) is 23.8 Å². The van der Waals surface area contributed by atoms with Gasteiger partial charge in [0.1, 0.15) is 11.4 Å². The van der Waals surface area contributed by atoms with Crippen LogP contribution in [0.1, 0.15) is 27.7 Å². The van der Waals surface area contributed by atoms with E-state index < -0.39 is 0 Å². The van der Waals surface area contributed by atoms with Crippen LogP contribution in [0.5, 0.6) is 0 Å². The van der Waals surface area contributed by atoms with Crippen LogP contribution in [0.15, 0.2) is 52.9 Å². The van der Waals surface area contributed by atoms with Gasteiger partial charge in [-0.2, -0.15) is 0 Å². The highest BCUT2D eigenvalue weighted by Gasteiger charge is 2.32. The molecule has 1 aliphatic heterocycles. The summed E-state index contributed by atoms with van der Waals surface area (Å²) in [5.74, 6) is -0.218. The average molecular weight is 368 g/mol. The molecule has 0 saturated carbocycles. The van der Waals surface area contributed by atoms with Gasteiger partial charge < -0.3 is 19.4 Å². The predicted octanol–water partition coefficient (Wildman–Crippen LogP) is 3.51. The number of furan rings is 1. The van der Waals surface area contributed by atoms with Crippen LogP contribution in [0.2, 0.25) is 0 Å². The number of hydrogen-bond acceptors (Lipinski definition) is 4. The van der Waals surface area contributed by atoms with Gasteiger partial charge in [-0.1, -0.05) is 30.3 Å². The van der Waals surface area contributed by atoms with Crippen molar-refractivity contribution >= 4 is 16.9 Å². The maximum Gasteiger partial charge on any atom is 0.290 e. The highest BCUT2D eigenvalue weighted by Crippen LogP contribution is 2.31. The van der Waals surface area contributed by atoms with Crippen molar-refractivity contribution in [2.75, 3.05) is 26.7 Å². The number of carbonyl (C=O) groups excluding carboxylic acids is 1.